The molecule has 66 valence electrons. The number of rotatable bonds is 2. The van der Waals surface area contributed by atoms with Gasteiger partial charge in [0, 0.05) is 11.5 Å². The molecule has 2 unspecified atom stereocenters. The third-order valence-corrected chi connectivity index (χ3v) is 3.86. The molecule has 1 fully saturated rings. The molecule has 1 N–H and O–H groups in total. The predicted molar refractivity (Wildman–Crippen MR) is 50.9 cm³/mol. The van der Waals surface area contributed by atoms with Gasteiger partial charge >= 0.3 is 0 Å². The summed E-state index contributed by atoms with van der Waals surface area (Å²) in [5, 5.41) is 9.46. The molecule has 0 spiro atoms. The van der Waals surface area contributed by atoms with Crippen LogP contribution in [0.15, 0.2) is 0 Å². The summed E-state index contributed by atoms with van der Waals surface area (Å²) in [5.74, 6) is 1.70. The highest BCUT2D eigenvalue weighted by Crippen LogP contribution is 2.31. The Morgan fingerprint density at radius 3 is 2.55 bits per heavy atom. The summed E-state index contributed by atoms with van der Waals surface area (Å²) in [7, 11) is 3.50. The first-order valence-electron chi connectivity index (χ1n) is 3.78. The van der Waals surface area contributed by atoms with E-state index >= 15 is 0 Å². The van der Waals surface area contributed by atoms with E-state index in [2.05, 4.69) is 0 Å². The van der Waals surface area contributed by atoms with Crippen molar-refractivity contribution in [1.82, 2.24) is 0 Å². The second kappa shape index (κ2) is 4.60. The van der Waals surface area contributed by atoms with Crippen molar-refractivity contribution in [3.63, 3.8) is 0 Å². The van der Waals surface area contributed by atoms with Crippen molar-refractivity contribution >= 4 is 21.6 Å². The lowest BCUT2D eigenvalue weighted by molar-refractivity contribution is -0.0436. The van der Waals surface area contributed by atoms with Crippen LogP contribution in [0.1, 0.15) is 13.8 Å². The van der Waals surface area contributed by atoms with Gasteiger partial charge in [-0.2, -0.15) is 0 Å². The van der Waals surface area contributed by atoms with E-state index in [1.165, 1.54) is 0 Å². The molecule has 0 radical (unpaired) electrons. The zero-order valence-corrected chi connectivity index (χ0v) is 8.45. The Kier molecular flexibility index (Phi) is 4.06. The highest BCUT2D eigenvalue weighted by Gasteiger charge is 2.25. The Hall–Kier alpha value is 0.620. The Morgan fingerprint density at radius 2 is 2.00 bits per heavy atom. The molecule has 1 rings (SSSR count). The van der Waals surface area contributed by atoms with Crippen LogP contribution in [-0.4, -0.2) is 34.9 Å². The van der Waals surface area contributed by atoms with Crippen molar-refractivity contribution in [2.24, 2.45) is 0 Å². The van der Waals surface area contributed by atoms with Crippen LogP contribution in [0.25, 0.3) is 0 Å². The summed E-state index contributed by atoms with van der Waals surface area (Å²) in [4.78, 5) is 0. The van der Waals surface area contributed by atoms with Gasteiger partial charge in [-0.3, -0.25) is 0 Å². The van der Waals surface area contributed by atoms with Gasteiger partial charge in [0.25, 0.3) is 0 Å². The van der Waals surface area contributed by atoms with Crippen molar-refractivity contribution in [2.75, 3.05) is 11.5 Å². The largest absolute Gasteiger partial charge is 0.389 e. The average Bonchev–Trinajstić information content (AvgIpc) is 1.93. The summed E-state index contributed by atoms with van der Waals surface area (Å²) in [5.41, 5.74) is 0. The van der Waals surface area contributed by atoms with Gasteiger partial charge in [-0.15, -0.1) is 0 Å². The summed E-state index contributed by atoms with van der Waals surface area (Å²) in [6.07, 6.45) is -0.0109. The Bertz CT molecular complexity index is 119. The number of hydrogen-bond donors (Lipinski definition) is 1. The fourth-order valence-electron chi connectivity index (χ4n) is 0.931. The van der Waals surface area contributed by atoms with Crippen LogP contribution in [0.3, 0.4) is 0 Å². The molecule has 11 heavy (non-hydrogen) atoms. The molecule has 2 nitrogen and oxygen atoms in total. The number of ether oxygens (including phenoxy) is 1. The van der Waals surface area contributed by atoms with Crippen molar-refractivity contribution in [1.29, 1.82) is 0 Å². The zero-order chi connectivity index (χ0) is 8.27. The Labute approximate surface area is 75.5 Å². The second-order valence-corrected chi connectivity index (χ2v) is 5.41. The van der Waals surface area contributed by atoms with E-state index < -0.39 is 0 Å². The summed E-state index contributed by atoms with van der Waals surface area (Å²) < 4.78 is 5.52. The maximum absolute atomic E-state index is 9.46. The number of hydrogen-bond acceptors (Lipinski definition) is 4. The smallest absolute Gasteiger partial charge is 0.0944 e. The lowest BCUT2D eigenvalue weighted by Crippen LogP contribution is -2.37. The Morgan fingerprint density at radius 1 is 1.36 bits per heavy atom. The van der Waals surface area contributed by atoms with Gasteiger partial charge in [0.1, 0.15) is 0 Å². The monoisotopic (exact) mass is 194 g/mol. The van der Waals surface area contributed by atoms with Crippen LogP contribution >= 0.6 is 21.6 Å². The Balaban J connectivity index is 2.29. The van der Waals surface area contributed by atoms with E-state index in [9.17, 15) is 5.11 Å². The minimum absolute atomic E-state index is 0.0428. The van der Waals surface area contributed by atoms with Crippen LogP contribution in [0.2, 0.25) is 0 Å². The molecule has 2 atom stereocenters. The van der Waals surface area contributed by atoms with Crippen LogP contribution in [0.4, 0.5) is 0 Å². The molecule has 1 aliphatic heterocycles. The van der Waals surface area contributed by atoms with Crippen LogP contribution in [-0.2, 0) is 4.74 Å². The number of aliphatic hydroxyl groups is 1. The molecule has 0 aromatic carbocycles. The average molecular weight is 194 g/mol. The van der Waals surface area contributed by atoms with Gasteiger partial charge in [0.15, 0.2) is 0 Å². The highest BCUT2D eigenvalue weighted by atomic mass is 33.1. The molecule has 0 amide bonds. The minimum Gasteiger partial charge on any atom is -0.389 e. The van der Waals surface area contributed by atoms with E-state index in [4.69, 9.17) is 4.74 Å². The first kappa shape index (κ1) is 9.71. The van der Waals surface area contributed by atoms with Crippen LogP contribution < -0.4 is 0 Å². The van der Waals surface area contributed by atoms with Gasteiger partial charge in [-0.1, -0.05) is 21.6 Å². The first-order chi connectivity index (χ1) is 5.20. The molecule has 0 aromatic rings. The molecule has 0 saturated carbocycles. The molecule has 4 heteroatoms. The minimum atomic E-state index is -0.274. The number of aliphatic hydroxyl groups excluding tert-OH is 1. The van der Waals surface area contributed by atoms with Gasteiger partial charge in [-0.25, -0.2) is 0 Å². The second-order valence-electron chi connectivity index (χ2n) is 2.86. The summed E-state index contributed by atoms with van der Waals surface area (Å²) in [6.45, 7) is 4.00. The van der Waals surface area contributed by atoms with Gasteiger partial charge in [0.05, 0.1) is 18.3 Å². The van der Waals surface area contributed by atoms with E-state index in [0.717, 1.165) is 11.5 Å². The third kappa shape index (κ3) is 3.23. The van der Waals surface area contributed by atoms with E-state index in [0.29, 0.717) is 0 Å². The van der Waals surface area contributed by atoms with Crippen molar-refractivity contribution in [2.45, 2.75) is 32.2 Å². The maximum Gasteiger partial charge on any atom is 0.0944 e. The van der Waals surface area contributed by atoms with E-state index in [1.54, 1.807) is 21.6 Å². The van der Waals surface area contributed by atoms with Gasteiger partial charge < -0.3 is 9.84 Å². The fourth-order valence-corrected chi connectivity index (χ4v) is 3.31. The predicted octanol–water partition coefficient (Wildman–Crippen LogP) is 1.54. The van der Waals surface area contributed by atoms with Gasteiger partial charge in [0.2, 0.25) is 0 Å². The van der Waals surface area contributed by atoms with E-state index in [1.807, 2.05) is 13.8 Å². The SMILES string of the molecule is CC(C)OC1CSSCC1O. The quantitative estimate of drug-likeness (QED) is 0.675. The topological polar surface area (TPSA) is 29.5 Å². The molecule has 0 bridgehead atoms. The molecule has 1 aliphatic rings. The standard InChI is InChI=1S/C7H14O2S2/c1-5(2)9-7-4-11-10-3-6(7)8/h5-8H,3-4H2,1-2H3. The molecular weight excluding hydrogens is 180 g/mol. The fraction of sp³-hybridized carbons (Fsp3) is 1.00. The lowest BCUT2D eigenvalue weighted by atomic mass is 10.2. The third-order valence-electron chi connectivity index (χ3n) is 1.43. The molecule has 1 heterocycles. The summed E-state index contributed by atoms with van der Waals surface area (Å²) in [6, 6.07) is 0. The van der Waals surface area contributed by atoms with Crippen LogP contribution in [0, 0.1) is 0 Å². The van der Waals surface area contributed by atoms with Gasteiger partial charge in [-0.05, 0) is 13.8 Å². The first-order valence-corrected chi connectivity index (χ1v) is 6.27. The van der Waals surface area contributed by atoms with Crippen molar-refractivity contribution < 1.29 is 9.84 Å². The maximum atomic E-state index is 9.46. The molecule has 1 saturated heterocycles. The van der Waals surface area contributed by atoms with Crippen molar-refractivity contribution in [3.05, 3.63) is 0 Å². The van der Waals surface area contributed by atoms with Crippen LogP contribution in [0.5, 0.6) is 0 Å². The highest BCUT2D eigenvalue weighted by molar-refractivity contribution is 8.76. The molecule has 0 aliphatic carbocycles. The molecular formula is C7H14O2S2. The van der Waals surface area contributed by atoms with E-state index in [-0.39, 0.29) is 18.3 Å². The zero-order valence-electron chi connectivity index (χ0n) is 6.82. The lowest BCUT2D eigenvalue weighted by Gasteiger charge is -2.28. The summed E-state index contributed by atoms with van der Waals surface area (Å²) >= 11 is 0. The van der Waals surface area contributed by atoms with Crippen molar-refractivity contribution in [3.8, 4) is 0 Å². The normalized spacial score (nSPS) is 32.7. The molecule has 0 aromatic heterocycles.